The predicted molar refractivity (Wildman–Crippen MR) is 153 cm³/mol. The van der Waals surface area contributed by atoms with Crippen molar-refractivity contribution < 1.29 is 24.1 Å². The number of esters is 1. The minimum atomic E-state index is -0.404. The maximum absolute atomic E-state index is 12.4. The van der Waals surface area contributed by atoms with Crippen molar-refractivity contribution >= 4 is 5.97 Å². The Labute approximate surface area is 238 Å². The number of methoxy groups -OCH3 is 1. The second-order valence-corrected chi connectivity index (χ2v) is 12.6. The van der Waals surface area contributed by atoms with Crippen LogP contribution in [0, 0.1) is 29.6 Å². The molecule has 6 heteroatoms. The highest BCUT2D eigenvalue weighted by molar-refractivity contribution is 5.93. The van der Waals surface area contributed by atoms with Gasteiger partial charge >= 0.3 is 5.97 Å². The van der Waals surface area contributed by atoms with Gasteiger partial charge in [0.25, 0.3) is 0 Å². The Balaban J connectivity index is 1.35. The highest BCUT2D eigenvalue weighted by atomic mass is 16.6. The standard InChI is InChI=1S/C34H43NO5/c1-20-10-8-13-25(16-20)30(36)27-19-24(17-23-11-6-5-7-12-23)18-26-29-21(2)32(39-28(29)14-9-15-35(26)27)33-31(38-4)22(3)34(37)40-33/h5-8,11-14,20-21,24-27,29-30,36H,9-10,15-19H2,1-4H3/t20-,21-,24-,25+,26+,27+,29+,30-/m0/s1. The first-order valence-corrected chi connectivity index (χ1v) is 15.1. The lowest BCUT2D eigenvalue weighted by molar-refractivity contribution is -0.133. The fraction of sp³-hybridized carbons (Fsp3) is 0.559. The van der Waals surface area contributed by atoms with Crippen molar-refractivity contribution in [1.82, 2.24) is 4.90 Å². The lowest BCUT2D eigenvalue weighted by Crippen LogP contribution is -2.58. The zero-order valence-corrected chi connectivity index (χ0v) is 24.2. The molecular formula is C34H43NO5. The van der Waals surface area contributed by atoms with Crippen molar-refractivity contribution in [3.8, 4) is 0 Å². The molecule has 0 aromatic heterocycles. The Morgan fingerprint density at radius 2 is 1.93 bits per heavy atom. The number of allylic oxidation sites excluding steroid dienone is 2. The number of aliphatic hydroxyl groups excluding tert-OH is 1. The molecule has 0 saturated carbocycles. The van der Waals surface area contributed by atoms with Crippen LogP contribution in [0.1, 0.15) is 58.4 Å². The van der Waals surface area contributed by atoms with E-state index in [1.54, 1.807) is 14.0 Å². The Morgan fingerprint density at radius 1 is 1.12 bits per heavy atom. The highest BCUT2D eigenvalue weighted by Crippen LogP contribution is 2.51. The van der Waals surface area contributed by atoms with Crippen LogP contribution in [0.4, 0.5) is 0 Å². The van der Waals surface area contributed by atoms with Gasteiger partial charge in [-0.25, -0.2) is 4.79 Å². The molecule has 1 aromatic carbocycles. The van der Waals surface area contributed by atoms with E-state index in [1.165, 1.54) is 5.56 Å². The molecule has 1 N–H and O–H groups in total. The van der Waals surface area contributed by atoms with Crippen LogP contribution in [0.15, 0.2) is 77.2 Å². The summed E-state index contributed by atoms with van der Waals surface area (Å²) in [5.41, 5.74) is 1.83. The molecule has 0 bridgehead atoms. The zero-order chi connectivity index (χ0) is 28.0. The van der Waals surface area contributed by atoms with E-state index in [-0.39, 0.29) is 35.8 Å². The molecule has 0 amide bonds. The summed E-state index contributed by atoms with van der Waals surface area (Å²) in [7, 11) is 1.57. The van der Waals surface area contributed by atoms with Gasteiger partial charge in [0.05, 0.1) is 18.8 Å². The number of carbonyl (C=O) groups excluding carboxylic acids is 1. The van der Waals surface area contributed by atoms with Crippen LogP contribution < -0.4 is 0 Å². The molecule has 6 rings (SSSR count). The van der Waals surface area contributed by atoms with Crippen molar-refractivity contribution in [3.05, 3.63) is 82.7 Å². The van der Waals surface area contributed by atoms with Gasteiger partial charge in [-0.1, -0.05) is 56.3 Å². The topological polar surface area (TPSA) is 68.2 Å². The lowest BCUT2D eigenvalue weighted by atomic mass is 9.72. The third-order valence-electron chi connectivity index (χ3n) is 9.93. The van der Waals surface area contributed by atoms with Crippen LogP contribution in [0.25, 0.3) is 0 Å². The third kappa shape index (κ3) is 4.94. The van der Waals surface area contributed by atoms with E-state index < -0.39 is 6.10 Å². The van der Waals surface area contributed by atoms with Crippen LogP contribution in [0.5, 0.6) is 0 Å². The number of carbonyl (C=O) groups is 1. The monoisotopic (exact) mass is 545 g/mol. The van der Waals surface area contributed by atoms with Crippen LogP contribution in [0.3, 0.4) is 0 Å². The Bertz CT molecular complexity index is 1250. The largest absolute Gasteiger partial charge is 0.492 e. The number of cyclic esters (lactones) is 1. The number of rotatable bonds is 5. The van der Waals surface area contributed by atoms with Crippen LogP contribution in [0.2, 0.25) is 0 Å². The Kier molecular flexibility index (Phi) is 7.66. The maximum atomic E-state index is 12.4. The van der Waals surface area contributed by atoms with E-state index in [4.69, 9.17) is 14.2 Å². The van der Waals surface area contributed by atoms with Gasteiger partial charge < -0.3 is 19.3 Å². The second-order valence-electron chi connectivity index (χ2n) is 12.6. The normalized spacial score (nSPS) is 36.8. The first-order valence-electron chi connectivity index (χ1n) is 15.1. The summed E-state index contributed by atoms with van der Waals surface area (Å²) in [5, 5.41) is 12.0. The molecule has 214 valence electrons. The number of hydrogen-bond donors (Lipinski definition) is 1. The molecular weight excluding hydrogens is 502 g/mol. The molecule has 1 aromatic rings. The fourth-order valence-electron chi connectivity index (χ4n) is 7.99. The summed E-state index contributed by atoms with van der Waals surface area (Å²) >= 11 is 0. The van der Waals surface area contributed by atoms with Gasteiger partial charge in [-0.3, -0.25) is 4.90 Å². The van der Waals surface area contributed by atoms with Crippen LogP contribution in [-0.2, 0) is 25.4 Å². The third-order valence-corrected chi connectivity index (χ3v) is 9.93. The molecule has 0 unspecified atom stereocenters. The first kappa shape index (κ1) is 27.3. The van der Waals surface area contributed by atoms with Crippen molar-refractivity contribution in [2.24, 2.45) is 29.6 Å². The number of nitrogens with zero attached hydrogens (tertiary/aromatic N) is 1. The van der Waals surface area contributed by atoms with E-state index in [0.717, 1.165) is 50.8 Å². The van der Waals surface area contributed by atoms with E-state index in [1.807, 2.05) is 0 Å². The van der Waals surface area contributed by atoms with E-state index in [9.17, 15) is 9.90 Å². The molecule has 8 atom stereocenters. The number of aliphatic hydroxyl groups is 1. The van der Waals surface area contributed by atoms with Crippen molar-refractivity contribution in [2.45, 2.75) is 77.5 Å². The highest BCUT2D eigenvalue weighted by Gasteiger charge is 2.51. The zero-order valence-electron chi connectivity index (χ0n) is 24.2. The summed E-state index contributed by atoms with van der Waals surface area (Å²) in [6, 6.07) is 11.1. The Morgan fingerprint density at radius 3 is 2.67 bits per heavy atom. The molecule has 6 nitrogen and oxygen atoms in total. The predicted octanol–water partition coefficient (Wildman–Crippen LogP) is 5.90. The molecule has 2 saturated heterocycles. The molecule has 4 aliphatic heterocycles. The number of fused-ring (bicyclic) bond motifs is 3. The van der Waals surface area contributed by atoms with E-state index in [2.05, 4.69) is 67.3 Å². The smallest absolute Gasteiger partial charge is 0.343 e. The van der Waals surface area contributed by atoms with Crippen molar-refractivity contribution in [2.75, 3.05) is 13.7 Å². The van der Waals surface area contributed by atoms with Crippen molar-refractivity contribution in [1.29, 1.82) is 0 Å². The average Bonchev–Trinajstić information content (AvgIpc) is 3.35. The van der Waals surface area contributed by atoms with E-state index in [0.29, 0.717) is 34.7 Å². The molecule has 4 heterocycles. The van der Waals surface area contributed by atoms with Crippen molar-refractivity contribution in [3.63, 3.8) is 0 Å². The van der Waals surface area contributed by atoms with Gasteiger partial charge in [-0.2, -0.15) is 0 Å². The number of ether oxygens (including phenoxy) is 3. The molecule has 2 fully saturated rings. The van der Waals surface area contributed by atoms with E-state index >= 15 is 0 Å². The summed E-state index contributed by atoms with van der Waals surface area (Å²) in [5.74, 6) is 3.55. The SMILES string of the molecule is COC1=C(C)C(=O)OC1=C1OC2=CCCN3[C@@H]([C@@H](O)[C@@H]4C=CC[C@H](C)C4)C[C@@H](Cc4ccccc4)C[C@@H]3[C@H]2[C@@H]1C. The number of piperidine rings is 1. The quantitative estimate of drug-likeness (QED) is 0.367. The van der Waals surface area contributed by atoms with Gasteiger partial charge in [0, 0.05) is 36.4 Å². The van der Waals surface area contributed by atoms with Gasteiger partial charge in [0.1, 0.15) is 5.76 Å². The van der Waals surface area contributed by atoms with Gasteiger partial charge in [0.2, 0.25) is 5.76 Å². The average molecular weight is 546 g/mol. The summed E-state index contributed by atoms with van der Waals surface area (Å²) in [6.07, 6.45) is 12.4. The second kappa shape index (κ2) is 11.2. The maximum Gasteiger partial charge on any atom is 0.343 e. The summed E-state index contributed by atoms with van der Waals surface area (Å²) < 4.78 is 17.8. The van der Waals surface area contributed by atoms with Gasteiger partial charge in [0.15, 0.2) is 11.5 Å². The molecule has 0 radical (unpaired) electrons. The minimum Gasteiger partial charge on any atom is -0.492 e. The molecule has 40 heavy (non-hydrogen) atoms. The Hall–Kier alpha value is -2.83. The van der Waals surface area contributed by atoms with Gasteiger partial charge in [-0.05, 0) is 68.9 Å². The minimum absolute atomic E-state index is 0.0126. The number of benzene rings is 1. The lowest BCUT2D eigenvalue weighted by Gasteiger charge is -2.50. The molecule has 5 aliphatic rings. The fourth-order valence-corrected chi connectivity index (χ4v) is 7.99. The van der Waals surface area contributed by atoms with Crippen LogP contribution in [-0.4, -0.2) is 47.8 Å². The molecule has 1 aliphatic carbocycles. The molecule has 0 spiro atoms. The summed E-state index contributed by atoms with van der Waals surface area (Å²) in [6.45, 7) is 7.12. The van der Waals surface area contributed by atoms with Gasteiger partial charge in [-0.15, -0.1) is 0 Å². The summed E-state index contributed by atoms with van der Waals surface area (Å²) in [4.78, 5) is 15.0. The number of hydrogen-bond acceptors (Lipinski definition) is 6. The van der Waals surface area contributed by atoms with Crippen LogP contribution >= 0.6 is 0 Å². The first-order chi connectivity index (χ1) is 19.4.